The van der Waals surface area contributed by atoms with Gasteiger partial charge in [-0.05, 0) is 31.7 Å². The lowest BCUT2D eigenvalue weighted by molar-refractivity contribution is 0.199. The fourth-order valence-electron chi connectivity index (χ4n) is 2.99. The van der Waals surface area contributed by atoms with Crippen LogP contribution in [0, 0.1) is 0 Å². The Morgan fingerprint density at radius 2 is 1.91 bits per heavy atom. The number of anilines is 1. The standard InChI is InChI=1S/C17H19N5O/c1-2-6-14(5-1)23-17-13(4-3-7-20-17)12-21-15-16-19-9-11-22(16)10-8-18-15/h3-4,7-11,14H,1-2,5-6,12H2,(H,18,21). The van der Waals surface area contributed by atoms with Crippen molar-refractivity contribution >= 4 is 11.5 Å². The van der Waals surface area contributed by atoms with Crippen LogP contribution in [0.2, 0.25) is 0 Å². The van der Waals surface area contributed by atoms with E-state index in [1.165, 1.54) is 12.8 Å². The molecule has 0 saturated heterocycles. The van der Waals surface area contributed by atoms with Crippen LogP contribution in [0.5, 0.6) is 5.88 Å². The maximum atomic E-state index is 6.07. The van der Waals surface area contributed by atoms with Gasteiger partial charge >= 0.3 is 0 Å². The molecule has 3 aromatic heterocycles. The third-order valence-corrected chi connectivity index (χ3v) is 4.19. The van der Waals surface area contributed by atoms with E-state index in [0.29, 0.717) is 12.6 Å². The van der Waals surface area contributed by atoms with Gasteiger partial charge in [0.2, 0.25) is 5.88 Å². The summed E-state index contributed by atoms with van der Waals surface area (Å²) >= 11 is 0. The molecule has 3 heterocycles. The smallest absolute Gasteiger partial charge is 0.218 e. The van der Waals surface area contributed by atoms with Crippen molar-refractivity contribution in [3.05, 3.63) is 48.7 Å². The number of aromatic nitrogens is 4. The lowest BCUT2D eigenvalue weighted by atomic mass is 10.2. The zero-order valence-corrected chi connectivity index (χ0v) is 12.9. The maximum absolute atomic E-state index is 6.07. The molecular weight excluding hydrogens is 290 g/mol. The second-order valence-corrected chi connectivity index (χ2v) is 5.78. The Balaban J connectivity index is 1.51. The monoisotopic (exact) mass is 309 g/mol. The van der Waals surface area contributed by atoms with E-state index in [1.54, 1.807) is 18.6 Å². The van der Waals surface area contributed by atoms with Crippen LogP contribution in [0.3, 0.4) is 0 Å². The molecule has 23 heavy (non-hydrogen) atoms. The minimum Gasteiger partial charge on any atom is -0.474 e. The maximum Gasteiger partial charge on any atom is 0.218 e. The number of nitrogens with zero attached hydrogens (tertiary/aromatic N) is 4. The molecule has 0 spiro atoms. The number of hydrogen-bond acceptors (Lipinski definition) is 5. The van der Waals surface area contributed by atoms with E-state index in [-0.39, 0.29) is 0 Å². The van der Waals surface area contributed by atoms with Crippen molar-refractivity contribution in [1.29, 1.82) is 0 Å². The van der Waals surface area contributed by atoms with Crippen LogP contribution in [0.1, 0.15) is 31.2 Å². The molecule has 0 bridgehead atoms. The Morgan fingerprint density at radius 3 is 2.78 bits per heavy atom. The summed E-state index contributed by atoms with van der Waals surface area (Å²) < 4.78 is 8.01. The highest BCUT2D eigenvalue weighted by Crippen LogP contribution is 2.25. The van der Waals surface area contributed by atoms with Gasteiger partial charge in [0.15, 0.2) is 11.5 Å². The van der Waals surface area contributed by atoms with E-state index in [4.69, 9.17) is 4.74 Å². The number of pyridine rings is 1. The average molecular weight is 309 g/mol. The van der Waals surface area contributed by atoms with Crippen molar-refractivity contribution in [1.82, 2.24) is 19.4 Å². The first-order valence-corrected chi connectivity index (χ1v) is 8.02. The molecule has 0 aromatic carbocycles. The van der Waals surface area contributed by atoms with Gasteiger partial charge in [-0.25, -0.2) is 15.0 Å². The molecule has 0 aliphatic heterocycles. The first kappa shape index (κ1) is 14.0. The normalized spacial score (nSPS) is 15.1. The summed E-state index contributed by atoms with van der Waals surface area (Å²) in [5, 5.41) is 3.34. The predicted molar refractivity (Wildman–Crippen MR) is 87.4 cm³/mol. The topological polar surface area (TPSA) is 64.3 Å². The van der Waals surface area contributed by atoms with Crippen molar-refractivity contribution in [3.8, 4) is 5.88 Å². The SMILES string of the molecule is c1cnc(OC2CCCC2)c(CNc2nccn3ccnc23)c1. The highest BCUT2D eigenvalue weighted by Gasteiger charge is 2.18. The number of rotatable bonds is 5. The van der Waals surface area contributed by atoms with Crippen LogP contribution in [0.15, 0.2) is 43.1 Å². The second kappa shape index (κ2) is 6.24. The summed E-state index contributed by atoms with van der Waals surface area (Å²) in [6, 6.07) is 3.97. The van der Waals surface area contributed by atoms with Crippen molar-refractivity contribution in [3.63, 3.8) is 0 Å². The lowest BCUT2D eigenvalue weighted by Crippen LogP contribution is -2.14. The third kappa shape index (κ3) is 2.97. The van der Waals surface area contributed by atoms with Gasteiger partial charge in [0, 0.05) is 43.1 Å². The Morgan fingerprint density at radius 1 is 1.09 bits per heavy atom. The van der Waals surface area contributed by atoms with Gasteiger partial charge in [-0.2, -0.15) is 0 Å². The van der Waals surface area contributed by atoms with Crippen LogP contribution in [-0.4, -0.2) is 25.5 Å². The zero-order valence-electron chi connectivity index (χ0n) is 12.9. The summed E-state index contributed by atoms with van der Waals surface area (Å²) in [5.41, 5.74) is 1.85. The van der Waals surface area contributed by atoms with Gasteiger partial charge in [0.25, 0.3) is 0 Å². The van der Waals surface area contributed by atoms with Crippen LogP contribution in [0.25, 0.3) is 5.65 Å². The summed E-state index contributed by atoms with van der Waals surface area (Å²) in [4.78, 5) is 13.1. The van der Waals surface area contributed by atoms with Crippen LogP contribution in [0.4, 0.5) is 5.82 Å². The summed E-state index contributed by atoms with van der Waals surface area (Å²) in [6.07, 6.45) is 14.1. The van der Waals surface area contributed by atoms with Crippen LogP contribution >= 0.6 is 0 Å². The molecule has 1 aliphatic carbocycles. The highest BCUT2D eigenvalue weighted by atomic mass is 16.5. The van der Waals surface area contributed by atoms with Crippen molar-refractivity contribution in [2.75, 3.05) is 5.32 Å². The average Bonchev–Trinajstić information content (AvgIpc) is 3.25. The summed E-state index contributed by atoms with van der Waals surface area (Å²) in [5.74, 6) is 1.48. The lowest BCUT2D eigenvalue weighted by Gasteiger charge is -2.15. The molecule has 6 nitrogen and oxygen atoms in total. The molecule has 1 saturated carbocycles. The van der Waals surface area contributed by atoms with Gasteiger partial charge in [-0.1, -0.05) is 6.07 Å². The molecule has 118 valence electrons. The number of fused-ring (bicyclic) bond motifs is 1. The van der Waals surface area contributed by atoms with E-state index < -0.39 is 0 Å². The first-order valence-electron chi connectivity index (χ1n) is 8.02. The molecule has 4 rings (SSSR count). The largest absolute Gasteiger partial charge is 0.474 e. The molecule has 1 N–H and O–H groups in total. The molecule has 0 unspecified atom stereocenters. The van der Waals surface area contributed by atoms with Crippen molar-refractivity contribution in [2.45, 2.75) is 38.3 Å². The molecular formula is C17H19N5O. The first-order chi connectivity index (χ1) is 11.4. The third-order valence-electron chi connectivity index (χ3n) is 4.19. The number of imidazole rings is 1. The molecule has 3 aromatic rings. The van der Waals surface area contributed by atoms with Gasteiger partial charge in [0.1, 0.15) is 6.10 Å². The Labute approximate surface area is 134 Å². The molecule has 0 atom stereocenters. The Bertz CT molecular complexity index is 794. The van der Waals surface area contributed by atoms with Crippen molar-refractivity contribution in [2.24, 2.45) is 0 Å². The highest BCUT2D eigenvalue weighted by molar-refractivity contribution is 5.62. The van der Waals surface area contributed by atoms with E-state index in [2.05, 4.69) is 20.3 Å². The summed E-state index contributed by atoms with van der Waals surface area (Å²) in [7, 11) is 0. The fourth-order valence-corrected chi connectivity index (χ4v) is 2.99. The summed E-state index contributed by atoms with van der Waals surface area (Å²) in [6.45, 7) is 0.607. The van der Waals surface area contributed by atoms with Gasteiger partial charge in [-0.3, -0.25) is 0 Å². The Kier molecular flexibility index (Phi) is 3.80. The molecule has 6 heteroatoms. The second-order valence-electron chi connectivity index (χ2n) is 5.78. The zero-order chi connectivity index (χ0) is 15.5. The van der Waals surface area contributed by atoms with E-state index >= 15 is 0 Å². The predicted octanol–water partition coefficient (Wildman–Crippen LogP) is 3.06. The number of hydrogen-bond donors (Lipinski definition) is 1. The van der Waals surface area contributed by atoms with Crippen LogP contribution < -0.4 is 10.1 Å². The van der Waals surface area contributed by atoms with E-state index in [9.17, 15) is 0 Å². The minimum absolute atomic E-state index is 0.303. The van der Waals surface area contributed by atoms with Gasteiger partial charge in [0.05, 0.1) is 0 Å². The molecule has 0 radical (unpaired) electrons. The molecule has 0 amide bonds. The fraction of sp³-hybridized carbons (Fsp3) is 0.353. The number of ether oxygens (including phenoxy) is 1. The van der Waals surface area contributed by atoms with E-state index in [0.717, 1.165) is 35.8 Å². The quantitative estimate of drug-likeness (QED) is 0.784. The van der Waals surface area contributed by atoms with Gasteiger partial charge in [-0.15, -0.1) is 0 Å². The van der Waals surface area contributed by atoms with E-state index in [1.807, 2.05) is 28.9 Å². The molecule has 1 fully saturated rings. The van der Waals surface area contributed by atoms with Crippen molar-refractivity contribution < 1.29 is 4.74 Å². The molecule has 1 aliphatic rings. The van der Waals surface area contributed by atoms with Gasteiger partial charge < -0.3 is 14.5 Å². The van der Waals surface area contributed by atoms with Crippen LogP contribution in [-0.2, 0) is 6.54 Å². The number of nitrogens with one attached hydrogen (secondary N) is 1. The minimum atomic E-state index is 0.303. The Hall–Kier alpha value is -2.63.